The molecule has 0 bridgehead atoms. The smallest absolute Gasteiger partial charge is 0.307 e. The Morgan fingerprint density at radius 2 is 1.97 bits per heavy atom. The number of carboxylic acid groups (broad SMARTS) is 1. The molecule has 2 rings (SSSR count). The highest BCUT2D eigenvalue weighted by Gasteiger charge is 2.15. The van der Waals surface area contributed by atoms with E-state index < -0.39 is 5.97 Å². The average molecular weight is 430 g/mol. The molecule has 0 fully saturated rings. The zero-order chi connectivity index (χ0) is 22.1. The van der Waals surface area contributed by atoms with Crippen LogP contribution in [0.25, 0.3) is 0 Å². The molecule has 0 spiro atoms. The van der Waals surface area contributed by atoms with E-state index in [1.807, 2.05) is 38.1 Å². The monoisotopic (exact) mass is 429 g/mol. The SMILES string of the molecule is CCCc1c(OCCCSc2ccc(CC(=O)O)cc2C)ccc(C(=N)CC)c1O. The number of carboxylic acids is 1. The lowest BCUT2D eigenvalue weighted by atomic mass is 9.99. The van der Waals surface area contributed by atoms with E-state index in [2.05, 4.69) is 6.92 Å². The normalized spacial score (nSPS) is 10.8. The zero-order valence-corrected chi connectivity index (χ0v) is 18.8. The van der Waals surface area contributed by atoms with Crippen molar-refractivity contribution in [3.63, 3.8) is 0 Å². The van der Waals surface area contributed by atoms with Crippen molar-refractivity contribution >= 4 is 23.4 Å². The van der Waals surface area contributed by atoms with Gasteiger partial charge in [0.15, 0.2) is 0 Å². The highest BCUT2D eigenvalue weighted by Crippen LogP contribution is 2.33. The maximum absolute atomic E-state index is 10.8. The van der Waals surface area contributed by atoms with Gasteiger partial charge in [-0.3, -0.25) is 4.79 Å². The molecule has 30 heavy (non-hydrogen) atoms. The highest BCUT2D eigenvalue weighted by atomic mass is 32.2. The summed E-state index contributed by atoms with van der Waals surface area (Å²) in [6.45, 7) is 6.51. The minimum atomic E-state index is -0.819. The van der Waals surface area contributed by atoms with Gasteiger partial charge in [0, 0.05) is 27.5 Å². The van der Waals surface area contributed by atoms with Crippen LogP contribution in [-0.2, 0) is 17.6 Å². The number of carbonyl (C=O) groups is 1. The number of nitrogens with one attached hydrogen (secondary N) is 1. The van der Waals surface area contributed by atoms with Crippen LogP contribution in [-0.4, -0.2) is 34.3 Å². The average Bonchev–Trinajstić information content (AvgIpc) is 2.70. The van der Waals surface area contributed by atoms with E-state index in [0.29, 0.717) is 36.5 Å². The molecular formula is C24H31NO4S. The Balaban J connectivity index is 1.92. The van der Waals surface area contributed by atoms with Crippen LogP contribution < -0.4 is 4.74 Å². The molecular weight excluding hydrogens is 398 g/mol. The summed E-state index contributed by atoms with van der Waals surface area (Å²) in [5, 5.41) is 27.5. The number of hydrogen-bond donors (Lipinski definition) is 3. The zero-order valence-electron chi connectivity index (χ0n) is 18.0. The fraction of sp³-hybridized carbons (Fsp3) is 0.417. The molecule has 2 aromatic carbocycles. The van der Waals surface area contributed by atoms with Crippen LogP contribution in [0.5, 0.6) is 11.5 Å². The Kier molecular flexibility index (Phi) is 9.24. The van der Waals surface area contributed by atoms with E-state index in [4.69, 9.17) is 15.3 Å². The predicted molar refractivity (Wildman–Crippen MR) is 123 cm³/mol. The number of aromatic hydroxyl groups is 1. The van der Waals surface area contributed by atoms with Gasteiger partial charge in [-0.15, -0.1) is 11.8 Å². The van der Waals surface area contributed by atoms with E-state index in [1.165, 1.54) is 0 Å². The van der Waals surface area contributed by atoms with Crippen molar-refractivity contribution in [3.05, 3.63) is 52.6 Å². The van der Waals surface area contributed by atoms with E-state index in [-0.39, 0.29) is 12.2 Å². The number of phenolic OH excluding ortho intramolecular Hbond substituents is 1. The van der Waals surface area contributed by atoms with Crippen LogP contribution in [0.2, 0.25) is 0 Å². The number of aliphatic carboxylic acids is 1. The first-order valence-electron chi connectivity index (χ1n) is 10.4. The van der Waals surface area contributed by atoms with Crippen molar-refractivity contribution in [2.45, 2.75) is 57.8 Å². The third-order valence-corrected chi connectivity index (χ3v) is 6.08. The van der Waals surface area contributed by atoms with Gasteiger partial charge in [0.1, 0.15) is 11.5 Å². The molecule has 0 aliphatic carbocycles. The van der Waals surface area contributed by atoms with Crippen LogP contribution in [0.1, 0.15) is 55.4 Å². The number of aryl methyl sites for hydroxylation is 1. The van der Waals surface area contributed by atoms with Gasteiger partial charge in [-0.1, -0.05) is 32.4 Å². The van der Waals surface area contributed by atoms with Gasteiger partial charge in [0.05, 0.1) is 13.0 Å². The third-order valence-electron chi connectivity index (χ3n) is 4.82. The molecule has 6 heteroatoms. The second kappa shape index (κ2) is 11.6. The van der Waals surface area contributed by atoms with Gasteiger partial charge in [0.2, 0.25) is 0 Å². The van der Waals surface area contributed by atoms with E-state index in [1.54, 1.807) is 17.8 Å². The van der Waals surface area contributed by atoms with Gasteiger partial charge < -0.3 is 20.4 Å². The van der Waals surface area contributed by atoms with E-state index in [0.717, 1.165) is 40.2 Å². The van der Waals surface area contributed by atoms with Crippen LogP contribution >= 0.6 is 11.8 Å². The summed E-state index contributed by atoms with van der Waals surface area (Å²) in [6, 6.07) is 9.42. The first-order chi connectivity index (χ1) is 14.4. The van der Waals surface area contributed by atoms with Gasteiger partial charge in [-0.05, 0) is 55.5 Å². The fourth-order valence-electron chi connectivity index (χ4n) is 3.26. The van der Waals surface area contributed by atoms with Gasteiger partial charge in [-0.25, -0.2) is 0 Å². The molecule has 0 saturated heterocycles. The summed E-state index contributed by atoms with van der Waals surface area (Å²) in [5.41, 5.74) is 3.70. The van der Waals surface area contributed by atoms with E-state index in [9.17, 15) is 9.90 Å². The summed E-state index contributed by atoms with van der Waals surface area (Å²) in [5.74, 6) is 0.932. The van der Waals surface area contributed by atoms with E-state index >= 15 is 0 Å². The number of benzene rings is 2. The molecule has 0 saturated carbocycles. The van der Waals surface area contributed by atoms with Crippen LogP contribution in [0, 0.1) is 12.3 Å². The van der Waals surface area contributed by atoms with Crippen molar-refractivity contribution < 1.29 is 19.7 Å². The van der Waals surface area contributed by atoms with Crippen molar-refractivity contribution in [2.24, 2.45) is 0 Å². The third kappa shape index (κ3) is 6.52. The Hall–Kier alpha value is -2.47. The summed E-state index contributed by atoms with van der Waals surface area (Å²) in [7, 11) is 0. The lowest BCUT2D eigenvalue weighted by Crippen LogP contribution is -2.05. The fourth-order valence-corrected chi connectivity index (χ4v) is 4.19. The molecule has 162 valence electrons. The quantitative estimate of drug-likeness (QED) is 0.231. The second-order valence-corrected chi connectivity index (χ2v) is 8.38. The molecule has 5 nitrogen and oxygen atoms in total. The Morgan fingerprint density at radius 1 is 1.20 bits per heavy atom. The van der Waals surface area contributed by atoms with Gasteiger partial charge in [-0.2, -0.15) is 0 Å². The van der Waals surface area contributed by atoms with Crippen molar-refractivity contribution in [1.29, 1.82) is 5.41 Å². The Bertz CT molecular complexity index is 895. The molecule has 3 N–H and O–H groups in total. The summed E-state index contributed by atoms with van der Waals surface area (Å²) >= 11 is 1.73. The lowest BCUT2D eigenvalue weighted by Gasteiger charge is -2.16. The molecule has 0 aliphatic rings. The molecule has 0 heterocycles. The standard InChI is InChI=1S/C24H31NO4S/c1-4-7-19-21(10-9-18(24(19)28)20(25)5-2)29-12-6-13-30-22-11-8-17(14-16(22)3)15-23(26)27/h8-11,14,25,28H,4-7,12-13,15H2,1-3H3,(H,26,27). The maximum Gasteiger partial charge on any atom is 0.307 e. The second-order valence-electron chi connectivity index (χ2n) is 7.24. The first-order valence-corrected chi connectivity index (χ1v) is 11.3. The highest BCUT2D eigenvalue weighted by molar-refractivity contribution is 7.99. The van der Waals surface area contributed by atoms with Crippen molar-refractivity contribution in [3.8, 4) is 11.5 Å². The molecule has 0 unspecified atom stereocenters. The molecule has 0 atom stereocenters. The molecule has 0 radical (unpaired) electrons. The summed E-state index contributed by atoms with van der Waals surface area (Å²) in [4.78, 5) is 12.0. The maximum atomic E-state index is 10.8. The van der Waals surface area contributed by atoms with Crippen molar-refractivity contribution in [2.75, 3.05) is 12.4 Å². The topological polar surface area (TPSA) is 90.6 Å². The molecule has 0 amide bonds. The van der Waals surface area contributed by atoms with Gasteiger partial charge in [0.25, 0.3) is 0 Å². The van der Waals surface area contributed by atoms with Gasteiger partial charge >= 0.3 is 5.97 Å². The van der Waals surface area contributed by atoms with Crippen LogP contribution in [0.3, 0.4) is 0 Å². The van der Waals surface area contributed by atoms with Crippen LogP contribution in [0.15, 0.2) is 35.2 Å². The minimum Gasteiger partial charge on any atom is -0.507 e. The van der Waals surface area contributed by atoms with Crippen LogP contribution in [0.4, 0.5) is 0 Å². The lowest BCUT2D eigenvalue weighted by molar-refractivity contribution is -0.136. The number of phenols is 1. The largest absolute Gasteiger partial charge is 0.507 e. The minimum absolute atomic E-state index is 0.0447. The number of ether oxygens (including phenoxy) is 1. The first kappa shape index (κ1) is 23.8. The number of rotatable bonds is 12. The summed E-state index contributed by atoms with van der Waals surface area (Å²) in [6.07, 6.45) is 3.07. The molecule has 0 aromatic heterocycles. The number of thioether (sulfide) groups is 1. The molecule has 0 aliphatic heterocycles. The summed E-state index contributed by atoms with van der Waals surface area (Å²) < 4.78 is 5.96. The number of hydrogen-bond acceptors (Lipinski definition) is 5. The predicted octanol–water partition coefficient (Wildman–Crippen LogP) is 5.62. The van der Waals surface area contributed by atoms with Crippen molar-refractivity contribution in [1.82, 2.24) is 0 Å². The molecule has 2 aromatic rings. The Labute approximate surface area is 183 Å². The Morgan fingerprint density at radius 3 is 2.60 bits per heavy atom.